The lowest BCUT2D eigenvalue weighted by Crippen LogP contribution is -2.43. The maximum absolute atomic E-state index is 10.3. The van der Waals surface area contributed by atoms with Gasteiger partial charge in [-0.1, -0.05) is 26.7 Å². The lowest BCUT2D eigenvalue weighted by Gasteiger charge is -2.36. The lowest BCUT2D eigenvalue weighted by atomic mass is 9.83. The second-order valence-electron chi connectivity index (χ2n) is 7.29. The smallest absolute Gasteiger partial charge is 0.351 e. The Morgan fingerprint density at radius 3 is 2.23 bits per heavy atom. The molecule has 4 atom stereocenters. The van der Waals surface area contributed by atoms with Crippen molar-refractivity contribution in [1.82, 2.24) is 0 Å². The molecule has 4 unspecified atom stereocenters. The quantitative estimate of drug-likeness (QED) is 0.341. The van der Waals surface area contributed by atoms with Crippen molar-refractivity contribution in [1.29, 1.82) is 0 Å². The highest BCUT2D eigenvalue weighted by molar-refractivity contribution is 6.46. The van der Waals surface area contributed by atoms with Crippen molar-refractivity contribution in [2.75, 3.05) is 26.4 Å². The minimum Gasteiger partial charge on any atom is -0.395 e. The summed E-state index contributed by atoms with van der Waals surface area (Å²) in [5.74, 6) is 0.507. The summed E-state index contributed by atoms with van der Waals surface area (Å²) >= 11 is 0. The SMILES string of the molecule is CCCCOC1CC(CC(OCCCC)[SiH](OCC)OCC)CCC1O. The summed E-state index contributed by atoms with van der Waals surface area (Å²) < 4.78 is 24.1. The van der Waals surface area contributed by atoms with Gasteiger partial charge >= 0.3 is 9.28 Å². The van der Waals surface area contributed by atoms with E-state index < -0.39 is 9.28 Å². The molecule has 6 heteroatoms. The third-order valence-electron chi connectivity index (χ3n) is 5.06. The average Bonchev–Trinajstić information content (AvgIpc) is 2.63. The molecule has 26 heavy (non-hydrogen) atoms. The van der Waals surface area contributed by atoms with E-state index in [0.29, 0.717) is 19.1 Å². The van der Waals surface area contributed by atoms with Crippen molar-refractivity contribution < 1.29 is 23.4 Å². The molecule has 0 radical (unpaired) electrons. The van der Waals surface area contributed by atoms with Gasteiger partial charge in [0.05, 0.1) is 17.9 Å². The van der Waals surface area contributed by atoms with Gasteiger partial charge in [0.15, 0.2) is 0 Å². The monoisotopic (exact) mass is 390 g/mol. The number of aliphatic hydroxyl groups excluding tert-OH is 1. The van der Waals surface area contributed by atoms with Crippen LogP contribution in [0.2, 0.25) is 0 Å². The summed E-state index contributed by atoms with van der Waals surface area (Å²) in [5.41, 5.74) is 0.0815. The maximum atomic E-state index is 10.3. The van der Waals surface area contributed by atoms with Crippen LogP contribution in [-0.2, 0) is 18.3 Å². The first kappa shape index (κ1) is 24.1. The molecule has 156 valence electrons. The van der Waals surface area contributed by atoms with E-state index in [4.69, 9.17) is 18.3 Å². The minimum atomic E-state index is -1.85. The fourth-order valence-corrected chi connectivity index (χ4v) is 5.61. The van der Waals surface area contributed by atoms with E-state index in [9.17, 15) is 5.11 Å². The van der Waals surface area contributed by atoms with Gasteiger partial charge in [0.1, 0.15) is 0 Å². The average molecular weight is 391 g/mol. The van der Waals surface area contributed by atoms with Crippen LogP contribution in [0, 0.1) is 5.92 Å². The molecule has 0 aliphatic heterocycles. The van der Waals surface area contributed by atoms with Gasteiger partial charge in [0, 0.05) is 26.4 Å². The summed E-state index contributed by atoms with van der Waals surface area (Å²) in [6.45, 7) is 11.3. The number of unbranched alkanes of at least 4 members (excludes halogenated alkanes) is 2. The van der Waals surface area contributed by atoms with Crippen LogP contribution in [0.15, 0.2) is 0 Å². The molecule has 0 amide bonds. The van der Waals surface area contributed by atoms with Crippen molar-refractivity contribution in [3.05, 3.63) is 0 Å². The van der Waals surface area contributed by atoms with Gasteiger partial charge < -0.3 is 23.4 Å². The fraction of sp³-hybridized carbons (Fsp3) is 1.00. The fourth-order valence-electron chi connectivity index (χ4n) is 3.52. The summed E-state index contributed by atoms with van der Waals surface area (Å²) in [6, 6.07) is 0. The molecular formula is C20H42O5Si. The Labute approximate surface area is 162 Å². The van der Waals surface area contributed by atoms with Crippen molar-refractivity contribution >= 4 is 9.28 Å². The topological polar surface area (TPSA) is 57.2 Å². The van der Waals surface area contributed by atoms with E-state index in [1.54, 1.807) is 0 Å². The van der Waals surface area contributed by atoms with E-state index >= 15 is 0 Å². The molecule has 0 heterocycles. The molecule has 0 aromatic rings. The molecular weight excluding hydrogens is 348 g/mol. The molecule has 0 aromatic heterocycles. The second-order valence-corrected chi connectivity index (χ2v) is 9.43. The van der Waals surface area contributed by atoms with Crippen LogP contribution >= 0.6 is 0 Å². The summed E-state index contributed by atoms with van der Waals surface area (Å²) in [7, 11) is -1.85. The summed E-state index contributed by atoms with van der Waals surface area (Å²) in [5, 5.41) is 10.3. The van der Waals surface area contributed by atoms with Crippen LogP contribution in [0.1, 0.15) is 79.1 Å². The zero-order valence-corrected chi connectivity index (χ0v) is 18.6. The van der Waals surface area contributed by atoms with Crippen LogP contribution in [0.4, 0.5) is 0 Å². The van der Waals surface area contributed by atoms with Crippen LogP contribution in [0.25, 0.3) is 0 Å². The van der Waals surface area contributed by atoms with Gasteiger partial charge in [-0.25, -0.2) is 0 Å². The normalized spacial score (nSPS) is 24.9. The Morgan fingerprint density at radius 2 is 1.62 bits per heavy atom. The minimum absolute atomic E-state index is 0.0316. The van der Waals surface area contributed by atoms with Gasteiger partial charge in [-0.15, -0.1) is 0 Å². The Balaban J connectivity index is 2.62. The zero-order valence-electron chi connectivity index (χ0n) is 17.5. The highest BCUT2D eigenvalue weighted by atomic mass is 28.3. The standard InChI is InChI=1S/C20H42O5Si/c1-5-9-13-22-19-15-17(11-12-18(19)21)16-20(23-14-10-6-2)26(24-7-3)25-8-4/h17-21,26H,5-16H2,1-4H3. The Morgan fingerprint density at radius 1 is 0.962 bits per heavy atom. The van der Waals surface area contributed by atoms with Crippen molar-refractivity contribution in [2.24, 2.45) is 5.92 Å². The van der Waals surface area contributed by atoms with E-state index in [1.165, 1.54) is 0 Å². The highest BCUT2D eigenvalue weighted by Gasteiger charge is 2.35. The second kappa shape index (κ2) is 15.0. The number of aliphatic hydroxyl groups is 1. The molecule has 1 aliphatic rings. The van der Waals surface area contributed by atoms with Gasteiger partial charge in [-0.05, 0) is 58.3 Å². The molecule has 5 nitrogen and oxygen atoms in total. The highest BCUT2D eigenvalue weighted by Crippen LogP contribution is 2.31. The molecule has 1 N–H and O–H groups in total. The van der Waals surface area contributed by atoms with Crippen molar-refractivity contribution in [2.45, 2.75) is 97.0 Å². The summed E-state index contributed by atoms with van der Waals surface area (Å²) in [6.07, 6.45) is 7.74. The van der Waals surface area contributed by atoms with Gasteiger partial charge in [-0.3, -0.25) is 0 Å². The third-order valence-corrected chi connectivity index (χ3v) is 7.45. The predicted octanol–water partition coefficient (Wildman–Crippen LogP) is 3.74. The number of hydrogen-bond acceptors (Lipinski definition) is 5. The maximum Gasteiger partial charge on any atom is 0.351 e. The third kappa shape index (κ3) is 9.29. The molecule has 1 fully saturated rings. The Bertz CT molecular complexity index is 325. The van der Waals surface area contributed by atoms with Crippen molar-refractivity contribution in [3.63, 3.8) is 0 Å². The van der Waals surface area contributed by atoms with E-state index in [1.807, 2.05) is 13.8 Å². The van der Waals surface area contributed by atoms with Crippen molar-refractivity contribution in [3.8, 4) is 0 Å². The first-order valence-electron chi connectivity index (χ1n) is 10.8. The predicted molar refractivity (Wildman–Crippen MR) is 108 cm³/mol. The lowest BCUT2D eigenvalue weighted by molar-refractivity contribution is -0.0770. The van der Waals surface area contributed by atoms with Gasteiger partial charge in [-0.2, -0.15) is 0 Å². The molecule has 0 aromatic carbocycles. The van der Waals surface area contributed by atoms with Gasteiger partial charge in [0.2, 0.25) is 0 Å². The Kier molecular flexibility index (Phi) is 13.9. The Hall–Kier alpha value is 0.0169. The van der Waals surface area contributed by atoms with E-state index in [2.05, 4.69) is 13.8 Å². The first-order valence-corrected chi connectivity index (χ1v) is 12.4. The van der Waals surface area contributed by atoms with E-state index in [0.717, 1.165) is 64.6 Å². The largest absolute Gasteiger partial charge is 0.395 e. The molecule has 0 saturated heterocycles. The van der Waals surface area contributed by atoms with E-state index in [-0.39, 0.29) is 17.9 Å². The van der Waals surface area contributed by atoms with Gasteiger partial charge in [0.25, 0.3) is 0 Å². The molecule has 1 rings (SSSR count). The van der Waals surface area contributed by atoms with Crippen LogP contribution in [-0.4, -0.2) is 58.8 Å². The van der Waals surface area contributed by atoms with Crippen LogP contribution in [0.3, 0.4) is 0 Å². The summed E-state index contributed by atoms with van der Waals surface area (Å²) in [4.78, 5) is 0. The molecule has 1 saturated carbocycles. The molecule has 0 bridgehead atoms. The van der Waals surface area contributed by atoms with Crippen LogP contribution in [0.5, 0.6) is 0 Å². The number of ether oxygens (including phenoxy) is 2. The zero-order chi connectivity index (χ0) is 19.2. The first-order chi connectivity index (χ1) is 12.7. The molecule has 0 spiro atoms. The number of rotatable bonds is 15. The van der Waals surface area contributed by atoms with Crippen LogP contribution < -0.4 is 0 Å². The number of hydrogen-bond donors (Lipinski definition) is 1. The molecule has 1 aliphatic carbocycles.